The van der Waals surface area contributed by atoms with Gasteiger partial charge in [-0.05, 0) is 30.5 Å². The third kappa shape index (κ3) is 2.78. The summed E-state index contributed by atoms with van der Waals surface area (Å²) in [5, 5.41) is 14.9. The van der Waals surface area contributed by atoms with Crippen LogP contribution in [0.2, 0.25) is 0 Å². The van der Waals surface area contributed by atoms with Crippen LogP contribution in [0.1, 0.15) is 20.2 Å². The first-order valence-corrected chi connectivity index (χ1v) is 7.77. The molecule has 3 heterocycles. The fraction of sp³-hybridized carbons (Fsp3) is 0.154. The van der Waals surface area contributed by atoms with Crippen molar-refractivity contribution in [2.45, 2.75) is 13.5 Å². The number of aromatic nitrogens is 3. The van der Waals surface area contributed by atoms with E-state index >= 15 is 0 Å². The van der Waals surface area contributed by atoms with Crippen molar-refractivity contribution in [1.29, 1.82) is 0 Å². The number of amides is 1. The Balaban J connectivity index is 1.63. The van der Waals surface area contributed by atoms with E-state index in [0.717, 1.165) is 16.3 Å². The van der Waals surface area contributed by atoms with E-state index in [-0.39, 0.29) is 5.91 Å². The van der Waals surface area contributed by atoms with E-state index in [4.69, 9.17) is 0 Å². The van der Waals surface area contributed by atoms with Gasteiger partial charge in [-0.15, -0.1) is 16.4 Å². The molecule has 0 spiro atoms. The third-order valence-electron chi connectivity index (χ3n) is 2.71. The van der Waals surface area contributed by atoms with Gasteiger partial charge < -0.3 is 5.32 Å². The minimum atomic E-state index is -0.0758. The standard InChI is InChI=1S/C13H12N4OS2/c1-9-2-3-12(20-9)13(18)14-6-10-7-17(16-15-10)11-4-5-19-8-11/h2-5,7-8H,6H2,1H3,(H,14,18). The Bertz CT molecular complexity index is 714. The smallest absolute Gasteiger partial charge is 0.261 e. The monoisotopic (exact) mass is 304 g/mol. The summed E-state index contributed by atoms with van der Waals surface area (Å²) < 4.78 is 1.70. The molecule has 0 aromatic carbocycles. The number of aryl methyl sites for hydroxylation is 1. The maximum atomic E-state index is 11.9. The zero-order valence-electron chi connectivity index (χ0n) is 10.7. The van der Waals surface area contributed by atoms with Gasteiger partial charge in [0.2, 0.25) is 0 Å². The molecule has 0 aliphatic rings. The molecule has 0 aliphatic heterocycles. The molecule has 0 unspecified atom stereocenters. The fourth-order valence-corrected chi connectivity index (χ4v) is 3.11. The molecule has 102 valence electrons. The fourth-order valence-electron chi connectivity index (χ4n) is 1.71. The highest BCUT2D eigenvalue weighted by atomic mass is 32.1. The van der Waals surface area contributed by atoms with Crippen LogP contribution in [0.15, 0.2) is 35.2 Å². The molecule has 0 aliphatic carbocycles. The topological polar surface area (TPSA) is 59.8 Å². The van der Waals surface area contributed by atoms with Crippen LogP contribution in [0.5, 0.6) is 0 Å². The molecule has 0 saturated heterocycles. The first-order chi connectivity index (χ1) is 9.72. The van der Waals surface area contributed by atoms with Crippen LogP contribution in [0, 0.1) is 6.92 Å². The SMILES string of the molecule is Cc1ccc(C(=O)NCc2cn(-c3ccsc3)nn2)s1. The normalized spacial score (nSPS) is 10.7. The van der Waals surface area contributed by atoms with Gasteiger partial charge in [0.25, 0.3) is 5.91 Å². The summed E-state index contributed by atoms with van der Waals surface area (Å²) in [5.74, 6) is -0.0758. The van der Waals surface area contributed by atoms with Crippen LogP contribution in [0.25, 0.3) is 5.69 Å². The van der Waals surface area contributed by atoms with E-state index in [9.17, 15) is 4.79 Å². The average molecular weight is 304 g/mol. The lowest BCUT2D eigenvalue weighted by molar-refractivity contribution is 0.0954. The minimum absolute atomic E-state index is 0.0758. The van der Waals surface area contributed by atoms with Gasteiger partial charge in [-0.1, -0.05) is 5.21 Å². The van der Waals surface area contributed by atoms with Crippen LogP contribution in [-0.2, 0) is 6.54 Å². The molecule has 1 N–H and O–H groups in total. The Hall–Kier alpha value is -1.99. The van der Waals surface area contributed by atoms with E-state index in [0.29, 0.717) is 11.4 Å². The number of rotatable bonds is 4. The van der Waals surface area contributed by atoms with Crippen molar-refractivity contribution in [3.8, 4) is 5.69 Å². The number of nitrogens with zero attached hydrogens (tertiary/aromatic N) is 3. The predicted octanol–water partition coefficient (Wildman–Crippen LogP) is 2.63. The zero-order chi connectivity index (χ0) is 13.9. The second kappa shape index (κ2) is 5.56. The van der Waals surface area contributed by atoms with Crippen molar-refractivity contribution in [2.75, 3.05) is 0 Å². The van der Waals surface area contributed by atoms with Crippen molar-refractivity contribution in [2.24, 2.45) is 0 Å². The molecule has 1 amide bonds. The highest BCUT2D eigenvalue weighted by Gasteiger charge is 2.09. The third-order valence-corrected chi connectivity index (χ3v) is 4.38. The molecule has 20 heavy (non-hydrogen) atoms. The molecule has 0 saturated carbocycles. The number of carbonyl (C=O) groups is 1. The molecular weight excluding hydrogens is 292 g/mol. The van der Waals surface area contributed by atoms with Gasteiger partial charge in [-0.25, -0.2) is 4.68 Å². The molecule has 3 aromatic heterocycles. The van der Waals surface area contributed by atoms with E-state index < -0.39 is 0 Å². The van der Waals surface area contributed by atoms with Gasteiger partial charge in [0.1, 0.15) is 5.69 Å². The van der Waals surface area contributed by atoms with Gasteiger partial charge in [0, 0.05) is 10.3 Å². The Kier molecular flexibility index (Phi) is 3.62. The maximum Gasteiger partial charge on any atom is 0.261 e. The molecule has 7 heteroatoms. The zero-order valence-corrected chi connectivity index (χ0v) is 12.4. The largest absolute Gasteiger partial charge is 0.346 e. The Morgan fingerprint density at radius 3 is 3.00 bits per heavy atom. The van der Waals surface area contributed by atoms with Gasteiger partial charge in [-0.2, -0.15) is 11.3 Å². The summed E-state index contributed by atoms with van der Waals surface area (Å²) in [6.45, 7) is 2.35. The van der Waals surface area contributed by atoms with E-state index in [2.05, 4.69) is 15.6 Å². The first kappa shape index (κ1) is 13.0. The second-order valence-electron chi connectivity index (χ2n) is 4.23. The number of hydrogen-bond donors (Lipinski definition) is 1. The summed E-state index contributed by atoms with van der Waals surface area (Å²) in [6, 6.07) is 5.74. The number of carbonyl (C=O) groups excluding carboxylic acids is 1. The lowest BCUT2D eigenvalue weighted by Gasteiger charge is -1.99. The molecule has 3 rings (SSSR count). The summed E-state index contributed by atoms with van der Waals surface area (Å²) in [6.07, 6.45) is 1.82. The van der Waals surface area contributed by atoms with Gasteiger partial charge >= 0.3 is 0 Å². The molecular formula is C13H12N4OS2. The first-order valence-electron chi connectivity index (χ1n) is 6.01. The van der Waals surface area contributed by atoms with Gasteiger partial charge in [0.05, 0.1) is 23.3 Å². The van der Waals surface area contributed by atoms with Gasteiger partial charge in [-0.3, -0.25) is 4.79 Å². The van der Waals surface area contributed by atoms with Crippen molar-refractivity contribution in [3.63, 3.8) is 0 Å². The number of nitrogens with one attached hydrogen (secondary N) is 1. The molecule has 0 bridgehead atoms. The number of thiophene rings is 2. The molecule has 0 fully saturated rings. The van der Waals surface area contributed by atoms with Crippen LogP contribution in [0.3, 0.4) is 0 Å². The summed E-state index contributed by atoms with van der Waals surface area (Å²) >= 11 is 3.09. The van der Waals surface area contributed by atoms with Gasteiger partial charge in [0.15, 0.2) is 0 Å². The van der Waals surface area contributed by atoms with Crippen LogP contribution >= 0.6 is 22.7 Å². The van der Waals surface area contributed by atoms with Crippen molar-refractivity contribution in [3.05, 3.63) is 50.6 Å². The Labute approximate surface area is 123 Å². The highest BCUT2D eigenvalue weighted by Crippen LogP contribution is 2.15. The molecule has 0 radical (unpaired) electrons. The highest BCUT2D eigenvalue weighted by molar-refractivity contribution is 7.13. The minimum Gasteiger partial charge on any atom is -0.346 e. The lowest BCUT2D eigenvalue weighted by Crippen LogP contribution is -2.21. The van der Waals surface area contributed by atoms with Crippen LogP contribution < -0.4 is 5.32 Å². The Morgan fingerprint density at radius 1 is 1.40 bits per heavy atom. The van der Waals surface area contributed by atoms with Crippen molar-refractivity contribution < 1.29 is 4.79 Å². The van der Waals surface area contributed by atoms with Crippen LogP contribution in [-0.4, -0.2) is 20.9 Å². The van der Waals surface area contributed by atoms with E-state index in [1.54, 1.807) is 16.0 Å². The lowest BCUT2D eigenvalue weighted by atomic mass is 10.4. The molecule has 0 atom stereocenters. The summed E-state index contributed by atoms with van der Waals surface area (Å²) in [7, 11) is 0. The molecule has 3 aromatic rings. The van der Waals surface area contributed by atoms with E-state index in [1.807, 2.05) is 42.1 Å². The summed E-state index contributed by atoms with van der Waals surface area (Å²) in [4.78, 5) is 13.8. The predicted molar refractivity (Wildman–Crippen MR) is 79.5 cm³/mol. The van der Waals surface area contributed by atoms with Crippen molar-refractivity contribution in [1.82, 2.24) is 20.3 Å². The van der Waals surface area contributed by atoms with E-state index in [1.165, 1.54) is 11.3 Å². The Morgan fingerprint density at radius 2 is 2.30 bits per heavy atom. The summed E-state index contributed by atoms with van der Waals surface area (Å²) in [5.41, 5.74) is 1.71. The van der Waals surface area contributed by atoms with Crippen LogP contribution in [0.4, 0.5) is 0 Å². The number of hydrogen-bond acceptors (Lipinski definition) is 5. The second-order valence-corrected chi connectivity index (χ2v) is 6.30. The maximum absolute atomic E-state index is 11.9. The molecule has 5 nitrogen and oxygen atoms in total. The average Bonchev–Trinajstić information content (AvgIpc) is 3.16. The van der Waals surface area contributed by atoms with Crippen molar-refractivity contribution >= 4 is 28.6 Å². The quantitative estimate of drug-likeness (QED) is 0.806.